The average Bonchev–Trinajstić information content (AvgIpc) is 2.70. The first-order valence-corrected chi connectivity index (χ1v) is 4.10. The summed E-state index contributed by atoms with van der Waals surface area (Å²) in [4.78, 5) is 0. The Labute approximate surface area is 81.1 Å². The normalized spacial score (nSPS) is 10.1. The number of nitrogens with two attached hydrogens (primary N) is 1. The summed E-state index contributed by atoms with van der Waals surface area (Å²) in [5, 5.41) is 7.42. The second kappa shape index (κ2) is 3.37. The molecule has 0 aliphatic heterocycles. The number of anilines is 1. The van der Waals surface area contributed by atoms with Crippen LogP contribution in [0.3, 0.4) is 0 Å². The minimum atomic E-state index is 0.596. The molecular formula is C9H10N4O. The SMILES string of the molecule is COc1ccc(-n2cnnc2)cc1N. The molecule has 0 unspecified atom stereocenters. The minimum Gasteiger partial charge on any atom is -0.495 e. The maximum absolute atomic E-state index is 5.76. The molecule has 5 nitrogen and oxygen atoms in total. The van der Waals surface area contributed by atoms with E-state index in [4.69, 9.17) is 10.5 Å². The van der Waals surface area contributed by atoms with Gasteiger partial charge in [0.05, 0.1) is 18.5 Å². The van der Waals surface area contributed by atoms with Gasteiger partial charge in [0.15, 0.2) is 0 Å². The van der Waals surface area contributed by atoms with Crippen molar-refractivity contribution in [3.05, 3.63) is 30.9 Å². The predicted octanol–water partition coefficient (Wildman–Crippen LogP) is 0.858. The molecule has 2 aromatic rings. The van der Waals surface area contributed by atoms with Crippen molar-refractivity contribution < 1.29 is 4.74 Å². The van der Waals surface area contributed by atoms with E-state index in [2.05, 4.69) is 10.2 Å². The van der Waals surface area contributed by atoms with E-state index in [1.54, 1.807) is 24.3 Å². The lowest BCUT2D eigenvalue weighted by Crippen LogP contribution is -1.96. The highest BCUT2D eigenvalue weighted by Gasteiger charge is 2.01. The zero-order valence-corrected chi connectivity index (χ0v) is 7.71. The van der Waals surface area contributed by atoms with Gasteiger partial charge in [-0.25, -0.2) is 0 Å². The molecular weight excluding hydrogens is 180 g/mol. The van der Waals surface area contributed by atoms with Crippen molar-refractivity contribution in [3.8, 4) is 11.4 Å². The van der Waals surface area contributed by atoms with E-state index in [0.717, 1.165) is 5.69 Å². The van der Waals surface area contributed by atoms with Gasteiger partial charge in [0.2, 0.25) is 0 Å². The van der Waals surface area contributed by atoms with E-state index in [-0.39, 0.29) is 0 Å². The number of aromatic nitrogens is 3. The van der Waals surface area contributed by atoms with E-state index < -0.39 is 0 Å². The van der Waals surface area contributed by atoms with Crippen LogP contribution in [0.2, 0.25) is 0 Å². The Morgan fingerprint density at radius 1 is 1.29 bits per heavy atom. The van der Waals surface area contributed by atoms with Gasteiger partial charge in [-0.15, -0.1) is 10.2 Å². The van der Waals surface area contributed by atoms with Crippen LogP contribution in [0, 0.1) is 0 Å². The zero-order chi connectivity index (χ0) is 9.97. The summed E-state index contributed by atoms with van der Waals surface area (Å²) in [5.41, 5.74) is 7.27. The lowest BCUT2D eigenvalue weighted by atomic mass is 10.2. The monoisotopic (exact) mass is 190 g/mol. The number of hydrogen-bond donors (Lipinski definition) is 1. The van der Waals surface area contributed by atoms with Crippen LogP contribution in [-0.2, 0) is 0 Å². The molecule has 2 N–H and O–H groups in total. The van der Waals surface area contributed by atoms with Crippen LogP contribution in [0.15, 0.2) is 30.9 Å². The molecule has 1 aromatic heterocycles. The summed E-state index contributed by atoms with van der Waals surface area (Å²) in [5.74, 6) is 0.668. The lowest BCUT2D eigenvalue weighted by Gasteiger charge is -2.06. The van der Waals surface area contributed by atoms with Gasteiger partial charge in [-0.1, -0.05) is 0 Å². The maximum Gasteiger partial charge on any atom is 0.141 e. The molecule has 2 rings (SSSR count). The van der Waals surface area contributed by atoms with Crippen LogP contribution < -0.4 is 10.5 Å². The van der Waals surface area contributed by atoms with Crippen molar-refractivity contribution >= 4 is 5.69 Å². The Morgan fingerprint density at radius 3 is 2.57 bits per heavy atom. The average molecular weight is 190 g/mol. The molecule has 14 heavy (non-hydrogen) atoms. The second-order valence-corrected chi connectivity index (χ2v) is 2.80. The van der Waals surface area contributed by atoms with E-state index >= 15 is 0 Å². The highest BCUT2D eigenvalue weighted by Crippen LogP contribution is 2.23. The van der Waals surface area contributed by atoms with Crippen molar-refractivity contribution in [2.24, 2.45) is 0 Å². The molecule has 5 heteroatoms. The summed E-state index contributed by atoms with van der Waals surface area (Å²) in [7, 11) is 1.59. The first-order chi connectivity index (χ1) is 6.81. The summed E-state index contributed by atoms with van der Waals surface area (Å²) in [6.45, 7) is 0. The van der Waals surface area contributed by atoms with E-state index in [0.29, 0.717) is 11.4 Å². The lowest BCUT2D eigenvalue weighted by molar-refractivity contribution is 0.417. The molecule has 0 saturated carbocycles. The van der Waals surface area contributed by atoms with Gasteiger partial charge in [0, 0.05) is 0 Å². The van der Waals surface area contributed by atoms with Crippen molar-refractivity contribution in [1.82, 2.24) is 14.8 Å². The van der Waals surface area contributed by atoms with Crippen LogP contribution in [-0.4, -0.2) is 21.9 Å². The van der Waals surface area contributed by atoms with Crippen LogP contribution >= 0.6 is 0 Å². The van der Waals surface area contributed by atoms with E-state index in [1.807, 2.05) is 18.2 Å². The summed E-state index contributed by atoms with van der Waals surface area (Å²) in [6, 6.07) is 5.51. The largest absolute Gasteiger partial charge is 0.495 e. The molecule has 72 valence electrons. The molecule has 0 amide bonds. The third-order valence-corrected chi connectivity index (χ3v) is 1.93. The molecule has 0 saturated heterocycles. The number of methoxy groups -OCH3 is 1. The Kier molecular flexibility index (Phi) is 2.06. The second-order valence-electron chi connectivity index (χ2n) is 2.80. The smallest absolute Gasteiger partial charge is 0.141 e. The Morgan fingerprint density at radius 2 is 2.00 bits per heavy atom. The van der Waals surface area contributed by atoms with Gasteiger partial charge < -0.3 is 10.5 Å². The fraction of sp³-hybridized carbons (Fsp3) is 0.111. The van der Waals surface area contributed by atoms with Crippen molar-refractivity contribution in [3.63, 3.8) is 0 Å². The first-order valence-electron chi connectivity index (χ1n) is 4.10. The Bertz CT molecular complexity index is 424. The topological polar surface area (TPSA) is 66.0 Å². The van der Waals surface area contributed by atoms with Crippen LogP contribution in [0.5, 0.6) is 5.75 Å². The fourth-order valence-corrected chi connectivity index (χ4v) is 1.22. The van der Waals surface area contributed by atoms with E-state index in [9.17, 15) is 0 Å². The van der Waals surface area contributed by atoms with E-state index in [1.165, 1.54) is 0 Å². The quantitative estimate of drug-likeness (QED) is 0.713. The Balaban J connectivity index is 2.43. The van der Waals surface area contributed by atoms with Crippen molar-refractivity contribution in [2.45, 2.75) is 0 Å². The maximum atomic E-state index is 5.76. The molecule has 0 spiro atoms. The molecule has 0 atom stereocenters. The van der Waals surface area contributed by atoms with Gasteiger partial charge in [-0.3, -0.25) is 4.57 Å². The molecule has 0 aliphatic rings. The number of rotatable bonds is 2. The van der Waals surface area contributed by atoms with Gasteiger partial charge in [0.25, 0.3) is 0 Å². The number of hydrogen-bond acceptors (Lipinski definition) is 4. The number of benzene rings is 1. The third-order valence-electron chi connectivity index (χ3n) is 1.93. The molecule has 1 aromatic carbocycles. The standard InChI is InChI=1S/C9H10N4O/c1-14-9-3-2-7(4-8(9)10)13-5-11-12-6-13/h2-6H,10H2,1H3. The van der Waals surface area contributed by atoms with Crippen LogP contribution in [0.1, 0.15) is 0 Å². The van der Waals surface area contributed by atoms with Gasteiger partial charge in [0.1, 0.15) is 18.4 Å². The minimum absolute atomic E-state index is 0.596. The molecule has 0 bridgehead atoms. The van der Waals surface area contributed by atoms with Gasteiger partial charge >= 0.3 is 0 Å². The molecule has 1 heterocycles. The van der Waals surface area contributed by atoms with Crippen molar-refractivity contribution in [2.75, 3.05) is 12.8 Å². The third kappa shape index (κ3) is 1.39. The number of nitrogens with zero attached hydrogens (tertiary/aromatic N) is 3. The summed E-state index contributed by atoms with van der Waals surface area (Å²) >= 11 is 0. The molecule has 0 fully saturated rings. The van der Waals surface area contributed by atoms with Crippen molar-refractivity contribution in [1.29, 1.82) is 0 Å². The summed E-state index contributed by atoms with van der Waals surface area (Å²) in [6.07, 6.45) is 3.22. The number of nitrogen functional groups attached to an aromatic ring is 1. The number of ether oxygens (including phenoxy) is 1. The summed E-state index contributed by atoms with van der Waals surface area (Å²) < 4.78 is 6.83. The highest BCUT2D eigenvalue weighted by atomic mass is 16.5. The zero-order valence-electron chi connectivity index (χ0n) is 7.71. The van der Waals surface area contributed by atoms with Crippen LogP contribution in [0.25, 0.3) is 5.69 Å². The van der Waals surface area contributed by atoms with Gasteiger partial charge in [-0.2, -0.15) is 0 Å². The van der Waals surface area contributed by atoms with Crippen LogP contribution in [0.4, 0.5) is 5.69 Å². The Hall–Kier alpha value is -2.04. The fourth-order valence-electron chi connectivity index (χ4n) is 1.22. The first kappa shape index (κ1) is 8.55. The highest BCUT2D eigenvalue weighted by molar-refractivity contribution is 5.58. The molecule has 0 radical (unpaired) electrons. The predicted molar refractivity (Wildman–Crippen MR) is 52.3 cm³/mol. The van der Waals surface area contributed by atoms with Gasteiger partial charge in [-0.05, 0) is 18.2 Å². The molecule has 0 aliphatic carbocycles.